The molecule has 0 N–H and O–H groups in total. The Morgan fingerprint density at radius 3 is 1.77 bits per heavy atom. The molecular formula is C27H28BrN3O6S2. The smallest absolute Gasteiger partial charge is 0.297 e. The van der Waals surface area contributed by atoms with Crippen molar-refractivity contribution < 1.29 is 25.2 Å². The molecule has 39 heavy (non-hydrogen) atoms. The van der Waals surface area contributed by atoms with Crippen molar-refractivity contribution in [3.8, 4) is 0 Å². The summed E-state index contributed by atoms with van der Waals surface area (Å²) in [6.07, 6.45) is 1.58. The van der Waals surface area contributed by atoms with Gasteiger partial charge in [0, 0.05) is 17.9 Å². The predicted octanol–water partition coefficient (Wildman–Crippen LogP) is 4.49. The van der Waals surface area contributed by atoms with Crippen LogP contribution in [0.5, 0.6) is 0 Å². The molecule has 0 radical (unpaired) electrons. The fourth-order valence-electron chi connectivity index (χ4n) is 3.93. The van der Waals surface area contributed by atoms with Gasteiger partial charge in [-0.2, -0.15) is 16.8 Å². The van der Waals surface area contributed by atoms with Crippen molar-refractivity contribution in [1.82, 2.24) is 14.8 Å². The van der Waals surface area contributed by atoms with Gasteiger partial charge in [-0.25, -0.2) is 0 Å². The van der Waals surface area contributed by atoms with Crippen LogP contribution in [-0.2, 0) is 47.5 Å². The molecule has 12 heteroatoms. The minimum absolute atomic E-state index is 0.0110. The molecule has 1 aromatic heterocycles. The Balaban J connectivity index is 1.76. The van der Waals surface area contributed by atoms with Gasteiger partial charge in [-0.05, 0) is 55.8 Å². The van der Waals surface area contributed by atoms with Gasteiger partial charge in [0.05, 0.1) is 28.4 Å². The quantitative estimate of drug-likeness (QED) is 0.222. The van der Waals surface area contributed by atoms with Gasteiger partial charge < -0.3 is 4.57 Å². The number of aryl methyl sites for hydroxylation is 3. The molecule has 206 valence electrons. The van der Waals surface area contributed by atoms with Crippen molar-refractivity contribution in [1.29, 1.82) is 0 Å². The van der Waals surface area contributed by atoms with Gasteiger partial charge in [-0.15, -0.1) is 10.2 Å². The summed E-state index contributed by atoms with van der Waals surface area (Å²) in [5, 5.41) is 8.10. The second-order valence-corrected chi connectivity index (χ2v) is 13.5. The van der Waals surface area contributed by atoms with Crippen LogP contribution < -0.4 is 0 Å². The molecule has 0 aliphatic rings. The zero-order chi connectivity index (χ0) is 28.3. The Bertz CT molecular complexity index is 1570. The van der Waals surface area contributed by atoms with Crippen molar-refractivity contribution in [2.75, 3.05) is 13.2 Å². The van der Waals surface area contributed by atoms with Gasteiger partial charge in [0.15, 0.2) is 0 Å². The number of hydrogen-bond acceptors (Lipinski definition) is 8. The van der Waals surface area contributed by atoms with Crippen LogP contribution in [0.2, 0.25) is 0 Å². The molecule has 1 heterocycles. The van der Waals surface area contributed by atoms with Gasteiger partial charge in [0.1, 0.15) is 12.2 Å². The lowest BCUT2D eigenvalue weighted by atomic mass is 9.78. The number of nitrogens with zero attached hydrogens (tertiary/aromatic N) is 3. The summed E-state index contributed by atoms with van der Waals surface area (Å²) in [7, 11) is -6.63. The zero-order valence-corrected chi connectivity index (χ0v) is 24.8. The highest BCUT2D eigenvalue weighted by Gasteiger charge is 2.39. The number of aromatic nitrogens is 3. The van der Waals surface area contributed by atoms with E-state index in [2.05, 4.69) is 26.1 Å². The fourth-order valence-corrected chi connectivity index (χ4v) is 6.30. The van der Waals surface area contributed by atoms with E-state index in [4.69, 9.17) is 8.37 Å². The molecule has 0 saturated carbocycles. The summed E-state index contributed by atoms with van der Waals surface area (Å²) >= 11 is 3.46. The van der Waals surface area contributed by atoms with Crippen LogP contribution in [0.1, 0.15) is 22.5 Å². The van der Waals surface area contributed by atoms with Gasteiger partial charge in [0.2, 0.25) is 0 Å². The topological polar surface area (TPSA) is 117 Å². The van der Waals surface area contributed by atoms with E-state index < -0.39 is 38.9 Å². The molecule has 0 bridgehead atoms. The minimum Gasteiger partial charge on any atom is -0.321 e. The Morgan fingerprint density at radius 2 is 1.33 bits per heavy atom. The average Bonchev–Trinajstić information content (AvgIpc) is 3.30. The Labute approximate surface area is 237 Å². The Hall–Kier alpha value is -2.90. The van der Waals surface area contributed by atoms with Crippen LogP contribution in [0.15, 0.2) is 93.4 Å². The summed E-state index contributed by atoms with van der Waals surface area (Å²) in [6, 6.07) is 19.7. The summed E-state index contributed by atoms with van der Waals surface area (Å²) in [4.78, 5) is -0.0220. The number of rotatable bonds is 11. The van der Waals surface area contributed by atoms with Gasteiger partial charge in [-0.1, -0.05) is 63.5 Å². The molecule has 0 amide bonds. The molecule has 0 aliphatic carbocycles. The number of halogens is 1. The summed E-state index contributed by atoms with van der Waals surface area (Å²) in [5.74, 6) is 0.489. The molecule has 3 aromatic carbocycles. The SMILES string of the molecule is Cc1ccc(S(=O)(=O)OCC(COS(=O)(=O)c2ccc(C)cc2)(Cc2nncn2C)c2cccc(Br)c2)cc1. The van der Waals surface area contributed by atoms with E-state index in [0.29, 0.717) is 15.9 Å². The van der Waals surface area contributed by atoms with Crippen molar-refractivity contribution in [2.24, 2.45) is 7.05 Å². The summed E-state index contributed by atoms with van der Waals surface area (Å²) in [5.41, 5.74) is 1.10. The molecule has 0 atom stereocenters. The molecule has 0 saturated heterocycles. The predicted molar refractivity (Wildman–Crippen MR) is 149 cm³/mol. The van der Waals surface area contributed by atoms with Crippen molar-refractivity contribution in [3.05, 3.63) is 106 Å². The number of benzene rings is 3. The normalized spacial score (nSPS) is 12.5. The van der Waals surface area contributed by atoms with Crippen molar-refractivity contribution in [2.45, 2.75) is 35.5 Å². The molecule has 9 nitrogen and oxygen atoms in total. The van der Waals surface area contributed by atoms with Gasteiger partial charge in [0.25, 0.3) is 20.2 Å². The zero-order valence-electron chi connectivity index (χ0n) is 21.6. The molecule has 4 rings (SSSR count). The van der Waals surface area contributed by atoms with E-state index in [9.17, 15) is 16.8 Å². The maximum absolute atomic E-state index is 13.2. The van der Waals surface area contributed by atoms with Crippen LogP contribution in [0.4, 0.5) is 0 Å². The van der Waals surface area contributed by atoms with Crippen LogP contribution >= 0.6 is 15.9 Å². The minimum atomic E-state index is -4.19. The highest BCUT2D eigenvalue weighted by molar-refractivity contribution is 9.10. The summed E-state index contributed by atoms with van der Waals surface area (Å²) in [6.45, 7) is 2.86. The van der Waals surface area contributed by atoms with E-state index in [-0.39, 0.29) is 16.2 Å². The first-order valence-electron chi connectivity index (χ1n) is 11.9. The lowest BCUT2D eigenvalue weighted by molar-refractivity contribution is 0.146. The average molecular weight is 635 g/mol. The first kappa shape index (κ1) is 29.1. The Morgan fingerprint density at radius 1 is 0.821 bits per heavy atom. The molecule has 0 spiro atoms. The van der Waals surface area contributed by atoms with Gasteiger partial charge >= 0.3 is 0 Å². The van der Waals surface area contributed by atoms with E-state index in [1.165, 1.54) is 30.6 Å². The molecule has 0 aliphatic heterocycles. The highest BCUT2D eigenvalue weighted by atomic mass is 79.9. The lowest BCUT2D eigenvalue weighted by Crippen LogP contribution is -2.41. The first-order chi connectivity index (χ1) is 18.4. The maximum Gasteiger partial charge on any atom is 0.297 e. The largest absolute Gasteiger partial charge is 0.321 e. The number of hydrogen-bond donors (Lipinski definition) is 0. The first-order valence-corrected chi connectivity index (χ1v) is 15.5. The maximum atomic E-state index is 13.2. The lowest BCUT2D eigenvalue weighted by Gasteiger charge is -2.33. The molecule has 4 aromatic rings. The van der Waals surface area contributed by atoms with E-state index in [1.54, 1.807) is 54.1 Å². The third-order valence-electron chi connectivity index (χ3n) is 6.34. The van der Waals surface area contributed by atoms with E-state index >= 15 is 0 Å². The second kappa shape index (κ2) is 11.7. The fraction of sp³-hybridized carbons (Fsp3) is 0.259. The third kappa shape index (κ3) is 7.00. The van der Waals surface area contributed by atoms with Gasteiger partial charge in [-0.3, -0.25) is 8.37 Å². The monoisotopic (exact) mass is 633 g/mol. The third-order valence-corrected chi connectivity index (χ3v) is 9.39. The van der Waals surface area contributed by atoms with Crippen LogP contribution in [0.3, 0.4) is 0 Å². The highest BCUT2D eigenvalue weighted by Crippen LogP contribution is 2.33. The molecular weight excluding hydrogens is 606 g/mol. The van der Waals surface area contributed by atoms with Crippen LogP contribution in [0.25, 0.3) is 0 Å². The molecule has 0 fully saturated rings. The van der Waals surface area contributed by atoms with Crippen LogP contribution in [-0.4, -0.2) is 44.8 Å². The Kier molecular flexibility index (Phi) is 8.72. The van der Waals surface area contributed by atoms with Crippen molar-refractivity contribution in [3.63, 3.8) is 0 Å². The molecule has 0 unspecified atom stereocenters. The van der Waals surface area contributed by atoms with Crippen molar-refractivity contribution >= 4 is 36.2 Å². The van der Waals surface area contributed by atoms with E-state index in [0.717, 1.165) is 11.1 Å². The standard InChI is InChI=1S/C27H28BrN3O6S2/c1-20-7-11-24(12-8-20)38(32,33)36-17-27(16-26-30-29-19-31(26)3,22-5-4-6-23(28)15-22)18-37-39(34,35)25-13-9-21(2)10-14-25/h4-15,19H,16-18H2,1-3H3. The van der Waals surface area contributed by atoms with E-state index in [1.807, 2.05) is 19.9 Å². The van der Waals surface area contributed by atoms with Crippen LogP contribution in [0, 0.1) is 13.8 Å². The summed E-state index contributed by atoms with van der Waals surface area (Å²) < 4.78 is 66.4. The second-order valence-electron chi connectivity index (χ2n) is 9.38.